The maximum atomic E-state index is 6.95. The van der Waals surface area contributed by atoms with Gasteiger partial charge < -0.3 is 4.74 Å². The van der Waals surface area contributed by atoms with E-state index in [4.69, 9.17) is 4.74 Å². The van der Waals surface area contributed by atoms with Crippen molar-refractivity contribution in [2.24, 2.45) is 0 Å². The van der Waals surface area contributed by atoms with Crippen molar-refractivity contribution in [3.8, 4) is 33.8 Å². The van der Waals surface area contributed by atoms with E-state index in [1.807, 2.05) is 0 Å². The van der Waals surface area contributed by atoms with E-state index in [1.165, 1.54) is 49.3 Å². The van der Waals surface area contributed by atoms with E-state index in [9.17, 15) is 0 Å². The molecule has 0 radical (unpaired) electrons. The van der Waals surface area contributed by atoms with Crippen molar-refractivity contribution in [1.82, 2.24) is 0 Å². The normalized spacial score (nSPS) is 13.4. The molecule has 212 valence electrons. The van der Waals surface area contributed by atoms with Crippen molar-refractivity contribution in [2.45, 2.75) is 5.41 Å². The van der Waals surface area contributed by atoms with Gasteiger partial charge in [-0.2, -0.15) is 0 Å². The Morgan fingerprint density at radius 2 is 0.867 bits per heavy atom. The minimum absolute atomic E-state index is 0.467. The van der Waals surface area contributed by atoms with Crippen LogP contribution in [0.15, 0.2) is 176 Å². The van der Waals surface area contributed by atoms with Gasteiger partial charge in [0, 0.05) is 16.7 Å². The van der Waals surface area contributed by atoms with E-state index in [0.29, 0.717) is 0 Å². The zero-order chi connectivity index (χ0) is 29.8. The van der Waals surface area contributed by atoms with Crippen LogP contribution in [0.25, 0.3) is 22.3 Å². The topological polar surface area (TPSA) is 9.23 Å². The molecule has 0 bridgehead atoms. The summed E-state index contributed by atoms with van der Waals surface area (Å²) >= 11 is 0. The Hall–Kier alpha value is -5.23. The van der Waals surface area contributed by atoms with Crippen LogP contribution < -0.4 is 20.7 Å². The minimum atomic E-state index is -0.731. The highest BCUT2D eigenvalue weighted by atomic mass is 31.1. The van der Waals surface area contributed by atoms with Gasteiger partial charge in [-0.25, -0.2) is 0 Å². The molecule has 0 unspecified atom stereocenters. The molecule has 0 amide bonds. The van der Waals surface area contributed by atoms with Gasteiger partial charge in [-0.1, -0.05) is 164 Å². The second-order valence-corrected chi connectivity index (χ2v) is 13.9. The number of hydrogen-bond acceptors (Lipinski definition) is 1. The summed E-state index contributed by atoms with van der Waals surface area (Å²) in [4.78, 5) is 0. The number of fused-ring (bicyclic) bond motifs is 9. The van der Waals surface area contributed by atoms with E-state index < -0.39 is 13.3 Å². The van der Waals surface area contributed by atoms with Gasteiger partial charge in [0.25, 0.3) is 0 Å². The molecule has 7 aromatic rings. The maximum Gasteiger partial charge on any atom is 0.140 e. The largest absolute Gasteiger partial charge is 0.456 e. The first-order valence-electron chi connectivity index (χ1n) is 15.4. The molecule has 0 saturated heterocycles. The van der Waals surface area contributed by atoms with Gasteiger partial charge in [0.05, 0.1) is 5.41 Å². The third kappa shape index (κ3) is 3.91. The molecule has 1 aliphatic heterocycles. The summed E-state index contributed by atoms with van der Waals surface area (Å²) in [5.74, 6) is 1.85. The van der Waals surface area contributed by atoms with Crippen molar-refractivity contribution in [3.63, 3.8) is 0 Å². The van der Waals surface area contributed by atoms with Crippen LogP contribution in [0.1, 0.15) is 22.3 Å². The Balaban J connectivity index is 1.28. The fraction of sp³-hybridized carbons (Fsp3) is 0.0233. The van der Waals surface area contributed by atoms with E-state index in [-0.39, 0.29) is 0 Å². The molecule has 9 rings (SSSR count). The van der Waals surface area contributed by atoms with Crippen molar-refractivity contribution in [1.29, 1.82) is 0 Å². The van der Waals surface area contributed by atoms with Crippen LogP contribution in [0, 0.1) is 0 Å². The lowest BCUT2D eigenvalue weighted by atomic mass is 9.65. The number of benzene rings is 7. The first kappa shape index (κ1) is 26.2. The first-order valence-corrected chi connectivity index (χ1v) is 16.8. The molecular formula is C43H29OP. The van der Waals surface area contributed by atoms with Gasteiger partial charge in [0.15, 0.2) is 0 Å². The molecular weight excluding hydrogens is 563 g/mol. The van der Waals surface area contributed by atoms with Crippen molar-refractivity contribution in [3.05, 3.63) is 198 Å². The standard InChI is InChI=1S/C43H29OP/c1-3-16-31(17-4-1)45(32-18-5-2-6-19-32)33-20-13-15-30(29-33)34-23-14-27-40-42(34)44-41-28-12-11-26-39(41)43(40)37-24-9-7-21-35(37)36-22-8-10-25-38(36)43/h1-29H. The zero-order valence-electron chi connectivity index (χ0n) is 24.6. The Morgan fingerprint density at radius 3 is 1.53 bits per heavy atom. The molecule has 0 atom stereocenters. The van der Waals surface area contributed by atoms with E-state index in [0.717, 1.165) is 22.6 Å². The lowest BCUT2D eigenvalue weighted by Crippen LogP contribution is -2.32. The molecule has 0 aromatic heterocycles. The highest BCUT2D eigenvalue weighted by Gasteiger charge is 2.51. The molecule has 2 heteroatoms. The Bertz CT molecular complexity index is 2120. The van der Waals surface area contributed by atoms with Gasteiger partial charge in [0.1, 0.15) is 11.5 Å². The SMILES string of the molecule is c1ccc(P(c2ccccc2)c2cccc(-c3cccc4c3Oc3ccccc3C43c4ccccc4-c4ccccc43)c2)cc1. The van der Waals surface area contributed by atoms with E-state index in [2.05, 4.69) is 176 Å². The maximum absolute atomic E-state index is 6.95. The van der Waals surface area contributed by atoms with Crippen LogP contribution in [-0.2, 0) is 5.41 Å². The van der Waals surface area contributed by atoms with Gasteiger partial charge in [0.2, 0.25) is 0 Å². The lowest BCUT2D eigenvalue weighted by Gasteiger charge is -2.40. The van der Waals surface area contributed by atoms with Crippen LogP contribution in [0.5, 0.6) is 11.5 Å². The van der Waals surface area contributed by atoms with Crippen LogP contribution in [-0.4, -0.2) is 0 Å². The molecule has 0 saturated carbocycles. The minimum Gasteiger partial charge on any atom is -0.456 e. The first-order chi connectivity index (χ1) is 22.3. The summed E-state index contributed by atoms with van der Waals surface area (Å²) in [6, 6.07) is 64.0. The summed E-state index contributed by atoms with van der Waals surface area (Å²) in [6.07, 6.45) is 0. The van der Waals surface area contributed by atoms with Gasteiger partial charge >= 0.3 is 0 Å². The average molecular weight is 593 g/mol. The molecule has 1 nitrogen and oxygen atoms in total. The highest BCUT2D eigenvalue weighted by molar-refractivity contribution is 7.79. The van der Waals surface area contributed by atoms with E-state index >= 15 is 0 Å². The summed E-state index contributed by atoms with van der Waals surface area (Å²) < 4.78 is 6.95. The highest BCUT2D eigenvalue weighted by Crippen LogP contribution is 2.63. The van der Waals surface area contributed by atoms with Crippen LogP contribution in [0.2, 0.25) is 0 Å². The van der Waals surface area contributed by atoms with Crippen molar-refractivity contribution >= 4 is 23.8 Å². The van der Waals surface area contributed by atoms with Crippen molar-refractivity contribution < 1.29 is 4.74 Å². The van der Waals surface area contributed by atoms with Crippen LogP contribution in [0.3, 0.4) is 0 Å². The average Bonchev–Trinajstić information content (AvgIpc) is 3.40. The Kier molecular flexibility index (Phi) is 6.08. The molecule has 7 aromatic carbocycles. The molecule has 1 spiro atoms. The Labute approximate surface area is 265 Å². The lowest BCUT2D eigenvalue weighted by molar-refractivity contribution is 0.438. The number of para-hydroxylation sites is 2. The quantitative estimate of drug-likeness (QED) is 0.185. The smallest absolute Gasteiger partial charge is 0.140 e. The predicted molar refractivity (Wildman–Crippen MR) is 188 cm³/mol. The predicted octanol–water partition coefficient (Wildman–Crippen LogP) is 9.58. The number of rotatable bonds is 4. The fourth-order valence-corrected chi connectivity index (χ4v) is 9.86. The number of hydrogen-bond donors (Lipinski definition) is 0. The molecule has 0 N–H and O–H groups in total. The third-order valence-corrected chi connectivity index (χ3v) is 11.7. The molecule has 45 heavy (non-hydrogen) atoms. The summed E-state index contributed by atoms with van der Waals surface area (Å²) in [7, 11) is -0.731. The molecule has 1 aliphatic carbocycles. The summed E-state index contributed by atoms with van der Waals surface area (Å²) in [5, 5.41) is 4.00. The molecule has 1 heterocycles. The zero-order valence-corrected chi connectivity index (χ0v) is 25.5. The van der Waals surface area contributed by atoms with E-state index in [1.54, 1.807) is 0 Å². The van der Waals surface area contributed by atoms with Crippen LogP contribution >= 0.6 is 7.92 Å². The monoisotopic (exact) mass is 592 g/mol. The molecule has 2 aliphatic rings. The van der Waals surface area contributed by atoms with Gasteiger partial charge in [-0.05, 0) is 63.8 Å². The number of ether oxygens (including phenoxy) is 1. The summed E-state index contributed by atoms with van der Waals surface area (Å²) in [5.41, 5.74) is 9.40. The second-order valence-electron chi connectivity index (χ2n) is 11.7. The Morgan fingerprint density at radius 1 is 0.378 bits per heavy atom. The second kappa shape index (κ2) is 10.4. The van der Waals surface area contributed by atoms with Crippen molar-refractivity contribution in [2.75, 3.05) is 0 Å². The van der Waals surface area contributed by atoms with Crippen LogP contribution in [0.4, 0.5) is 0 Å². The fourth-order valence-electron chi connectivity index (χ4n) is 7.52. The summed E-state index contributed by atoms with van der Waals surface area (Å²) in [6.45, 7) is 0. The third-order valence-electron chi connectivity index (χ3n) is 9.32. The van der Waals surface area contributed by atoms with Gasteiger partial charge in [-0.15, -0.1) is 0 Å². The molecule has 0 fully saturated rings. The van der Waals surface area contributed by atoms with Gasteiger partial charge in [-0.3, -0.25) is 0 Å².